The Morgan fingerprint density at radius 2 is 1.91 bits per heavy atom. The van der Waals surface area contributed by atoms with Gasteiger partial charge in [0.2, 0.25) is 5.91 Å². The summed E-state index contributed by atoms with van der Waals surface area (Å²) in [5, 5.41) is 3.77. The minimum absolute atomic E-state index is 0.118. The summed E-state index contributed by atoms with van der Waals surface area (Å²) in [6.45, 7) is 3.95. The summed E-state index contributed by atoms with van der Waals surface area (Å²) >= 11 is 0. The van der Waals surface area contributed by atoms with E-state index in [2.05, 4.69) is 10.3 Å². The number of amides is 1. The Labute approximate surface area is 198 Å². The zero-order valence-corrected chi connectivity index (χ0v) is 19.5. The molecule has 2 aromatic carbocycles. The third-order valence-corrected chi connectivity index (χ3v) is 6.89. The zero-order chi connectivity index (χ0) is 24.2. The first-order chi connectivity index (χ1) is 16.4. The van der Waals surface area contributed by atoms with Gasteiger partial charge in [-0.15, -0.1) is 0 Å². The van der Waals surface area contributed by atoms with E-state index in [1.165, 1.54) is 6.07 Å². The normalized spacial score (nSPS) is 18.9. The van der Waals surface area contributed by atoms with Crippen molar-refractivity contribution in [3.05, 3.63) is 65.6 Å². The van der Waals surface area contributed by atoms with Crippen LogP contribution in [0.2, 0.25) is 0 Å². The summed E-state index contributed by atoms with van der Waals surface area (Å²) < 4.78 is 18.9. The molecule has 1 heterocycles. The molecule has 0 saturated heterocycles. The second kappa shape index (κ2) is 10.2. The van der Waals surface area contributed by atoms with Crippen LogP contribution in [-0.4, -0.2) is 23.5 Å². The molecule has 6 nitrogen and oxygen atoms in total. The van der Waals surface area contributed by atoms with Crippen molar-refractivity contribution in [2.45, 2.75) is 45.4 Å². The molecule has 0 spiro atoms. The van der Waals surface area contributed by atoms with E-state index in [0.717, 1.165) is 42.1 Å². The maximum Gasteiger partial charge on any atom is 0.338 e. The molecule has 1 atom stereocenters. The molecule has 1 aliphatic rings. The summed E-state index contributed by atoms with van der Waals surface area (Å²) in [5.41, 5.74) is 9.12. The highest BCUT2D eigenvalue weighted by Gasteiger charge is 2.30. The lowest BCUT2D eigenvalue weighted by atomic mass is 9.73. The fraction of sp³-hybridized carbons (Fsp3) is 0.370. The van der Waals surface area contributed by atoms with Crippen LogP contribution in [0.1, 0.15) is 61.4 Å². The molecule has 1 unspecified atom stereocenters. The van der Waals surface area contributed by atoms with Crippen molar-refractivity contribution in [3.8, 4) is 0 Å². The van der Waals surface area contributed by atoms with Gasteiger partial charge in [-0.2, -0.15) is 0 Å². The molecule has 0 bridgehead atoms. The van der Waals surface area contributed by atoms with E-state index in [-0.39, 0.29) is 30.2 Å². The van der Waals surface area contributed by atoms with Gasteiger partial charge in [0.05, 0.1) is 29.1 Å². The second-order valence-electron chi connectivity index (χ2n) is 8.97. The molecule has 1 aliphatic carbocycles. The number of pyridine rings is 1. The number of benzene rings is 2. The first-order valence-corrected chi connectivity index (χ1v) is 11.8. The Morgan fingerprint density at radius 1 is 1.15 bits per heavy atom. The Balaban J connectivity index is 1.41. The fourth-order valence-electron chi connectivity index (χ4n) is 4.89. The van der Waals surface area contributed by atoms with Gasteiger partial charge in [0.1, 0.15) is 5.82 Å². The number of hydrogen-bond donors (Lipinski definition) is 2. The number of anilines is 2. The van der Waals surface area contributed by atoms with Crippen LogP contribution in [0, 0.1) is 17.7 Å². The highest BCUT2D eigenvalue weighted by atomic mass is 19.1. The molecule has 7 heteroatoms. The fourth-order valence-corrected chi connectivity index (χ4v) is 4.89. The number of carbonyl (C=O) groups is 2. The number of nitrogen functional groups attached to an aromatic ring is 1. The first kappa shape index (κ1) is 23.7. The minimum atomic E-state index is -0.451. The maximum atomic E-state index is 13.8. The van der Waals surface area contributed by atoms with Crippen LogP contribution >= 0.6 is 0 Å². The molecular formula is C27H30FN3O3. The average Bonchev–Trinajstić information content (AvgIpc) is 2.84. The van der Waals surface area contributed by atoms with Gasteiger partial charge >= 0.3 is 5.97 Å². The SMILES string of the molecule is CCOC(=O)c1ccc(N)c(NC(=O)C(C)[C@H]2CC[C@@H](c3ccnc4ccc(F)cc43)CC2)c1. The Kier molecular flexibility index (Phi) is 7.10. The van der Waals surface area contributed by atoms with Gasteiger partial charge in [-0.25, -0.2) is 9.18 Å². The van der Waals surface area contributed by atoms with Crippen molar-refractivity contribution in [2.75, 3.05) is 17.7 Å². The van der Waals surface area contributed by atoms with Crippen LogP contribution in [0.4, 0.5) is 15.8 Å². The van der Waals surface area contributed by atoms with Gasteiger partial charge in [-0.05, 0) is 92.5 Å². The Hall–Kier alpha value is -3.48. The monoisotopic (exact) mass is 463 g/mol. The van der Waals surface area contributed by atoms with Gasteiger partial charge in [0, 0.05) is 17.5 Å². The number of rotatable bonds is 6. The zero-order valence-electron chi connectivity index (χ0n) is 19.5. The van der Waals surface area contributed by atoms with Crippen LogP contribution in [0.5, 0.6) is 0 Å². The largest absolute Gasteiger partial charge is 0.462 e. The van der Waals surface area contributed by atoms with Crippen LogP contribution in [0.25, 0.3) is 10.9 Å². The second-order valence-corrected chi connectivity index (χ2v) is 8.97. The molecule has 3 aromatic rings. The van der Waals surface area contributed by atoms with Gasteiger partial charge in [-0.3, -0.25) is 9.78 Å². The lowest BCUT2D eigenvalue weighted by Gasteiger charge is -2.32. The quantitative estimate of drug-likeness (QED) is 0.362. The predicted molar refractivity (Wildman–Crippen MR) is 131 cm³/mol. The molecule has 1 fully saturated rings. The summed E-state index contributed by atoms with van der Waals surface area (Å²) in [7, 11) is 0. The average molecular weight is 464 g/mol. The Bertz CT molecular complexity index is 1200. The molecule has 34 heavy (non-hydrogen) atoms. The molecule has 1 amide bonds. The topological polar surface area (TPSA) is 94.3 Å². The molecular weight excluding hydrogens is 433 g/mol. The van der Waals surface area contributed by atoms with E-state index in [4.69, 9.17) is 10.5 Å². The number of aromatic nitrogens is 1. The minimum Gasteiger partial charge on any atom is -0.462 e. The van der Waals surface area contributed by atoms with Crippen molar-refractivity contribution >= 4 is 34.2 Å². The van der Waals surface area contributed by atoms with E-state index in [1.54, 1.807) is 43.5 Å². The van der Waals surface area contributed by atoms with E-state index in [9.17, 15) is 14.0 Å². The number of nitrogens with two attached hydrogens (primary N) is 1. The van der Waals surface area contributed by atoms with Crippen molar-refractivity contribution in [2.24, 2.45) is 11.8 Å². The van der Waals surface area contributed by atoms with E-state index < -0.39 is 5.97 Å². The molecule has 0 aliphatic heterocycles. The van der Waals surface area contributed by atoms with Crippen molar-refractivity contribution < 1.29 is 18.7 Å². The molecule has 178 valence electrons. The van der Waals surface area contributed by atoms with Crippen LogP contribution < -0.4 is 11.1 Å². The summed E-state index contributed by atoms with van der Waals surface area (Å²) in [6, 6.07) is 11.4. The lowest BCUT2D eigenvalue weighted by molar-refractivity contribution is -0.121. The number of nitrogens with one attached hydrogen (secondary N) is 1. The van der Waals surface area contributed by atoms with Gasteiger partial charge in [0.15, 0.2) is 0 Å². The number of esters is 1. The molecule has 4 rings (SSSR count). The number of carbonyl (C=O) groups excluding carboxylic acids is 2. The van der Waals surface area contributed by atoms with Crippen LogP contribution in [0.3, 0.4) is 0 Å². The summed E-state index contributed by atoms with van der Waals surface area (Å²) in [6.07, 6.45) is 5.44. The molecule has 1 saturated carbocycles. The molecule has 1 aromatic heterocycles. The number of ether oxygens (including phenoxy) is 1. The summed E-state index contributed by atoms with van der Waals surface area (Å²) in [5.74, 6) is -0.489. The van der Waals surface area contributed by atoms with E-state index >= 15 is 0 Å². The third-order valence-electron chi connectivity index (χ3n) is 6.89. The van der Waals surface area contributed by atoms with Gasteiger partial charge in [0.25, 0.3) is 0 Å². The van der Waals surface area contributed by atoms with Crippen molar-refractivity contribution in [1.82, 2.24) is 4.98 Å². The number of nitrogens with zero attached hydrogens (tertiary/aromatic N) is 1. The van der Waals surface area contributed by atoms with Crippen molar-refractivity contribution in [3.63, 3.8) is 0 Å². The smallest absolute Gasteiger partial charge is 0.338 e. The number of halogens is 1. The summed E-state index contributed by atoms with van der Waals surface area (Å²) in [4.78, 5) is 29.4. The third kappa shape index (κ3) is 5.03. The molecule has 0 radical (unpaired) electrons. The highest BCUT2D eigenvalue weighted by Crippen LogP contribution is 2.41. The predicted octanol–water partition coefficient (Wildman–Crippen LogP) is 5.68. The number of hydrogen-bond acceptors (Lipinski definition) is 5. The highest BCUT2D eigenvalue weighted by molar-refractivity contribution is 5.98. The standard InChI is InChI=1S/C27H30FN3O3/c1-3-34-27(33)19-8-10-23(29)25(14-19)31-26(32)16(2)17-4-6-18(7-5-17)21-12-13-30-24-11-9-20(28)15-22(21)24/h8-18H,3-7,29H2,1-2H3,(H,31,32)/t16?,17-,18+. The number of fused-ring (bicyclic) bond motifs is 1. The van der Waals surface area contributed by atoms with Gasteiger partial charge < -0.3 is 15.8 Å². The lowest BCUT2D eigenvalue weighted by Crippen LogP contribution is -2.30. The van der Waals surface area contributed by atoms with Crippen molar-refractivity contribution in [1.29, 1.82) is 0 Å². The first-order valence-electron chi connectivity index (χ1n) is 11.8. The molecule has 3 N–H and O–H groups in total. The van der Waals surface area contributed by atoms with Crippen LogP contribution in [0.15, 0.2) is 48.7 Å². The van der Waals surface area contributed by atoms with E-state index in [1.807, 2.05) is 13.0 Å². The van der Waals surface area contributed by atoms with Gasteiger partial charge in [-0.1, -0.05) is 6.92 Å². The van der Waals surface area contributed by atoms with E-state index in [0.29, 0.717) is 22.9 Å². The maximum absolute atomic E-state index is 13.8. The Morgan fingerprint density at radius 3 is 2.65 bits per heavy atom. The van der Waals surface area contributed by atoms with Crippen LogP contribution in [-0.2, 0) is 9.53 Å².